The van der Waals surface area contributed by atoms with Crippen LogP contribution in [0.5, 0.6) is 0 Å². The van der Waals surface area contributed by atoms with Gasteiger partial charge in [0.1, 0.15) is 17.6 Å². The highest BCUT2D eigenvalue weighted by atomic mass is 16.7. The van der Waals surface area contributed by atoms with Gasteiger partial charge in [0, 0.05) is 18.2 Å². The predicted octanol–water partition coefficient (Wildman–Crippen LogP) is 5.40. The molecule has 0 bridgehead atoms. The molecular weight excluding hydrogens is 618 g/mol. The van der Waals surface area contributed by atoms with Crippen molar-refractivity contribution < 1.29 is 29.5 Å². The maximum Gasteiger partial charge on any atom is 0.175 e. The molecule has 2 aliphatic heterocycles. The van der Waals surface area contributed by atoms with Crippen LogP contribution in [0.1, 0.15) is 106 Å². The van der Waals surface area contributed by atoms with Crippen LogP contribution in [-0.2, 0) is 14.2 Å². The van der Waals surface area contributed by atoms with E-state index >= 15 is 0 Å². The standard InChI is InChI=1S/C40H61N3O6/c1-23-20-25(32(44)36(4,5)46)48-31-30(23)37(6)15-16-40-22-39(40)14-13-28(35(2,3)26(39)11-12-27(40)38(37,7)33(31)45)49-29-21-43(18-19-47-29)34(41)24-10-8-9-17-42-24/h8-10,17,23,25-33,41,44-46H,11-16,18-22H2,1-7H3. The second-order valence-corrected chi connectivity index (χ2v) is 19.1. The smallest absolute Gasteiger partial charge is 0.175 e. The number of nitrogens with zero attached hydrogens (tertiary/aromatic N) is 2. The van der Waals surface area contributed by atoms with E-state index in [0.29, 0.717) is 49.5 Å². The van der Waals surface area contributed by atoms with E-state index in [0.717, 1.165) is 32.1 Å². The van der Waals surface area contributed by atoms with E-state index in [9.17, 15) is 15.3 Å². The van der Waals surface area contributed by atoms with Crippen LogP contribution in [0.25, 0.3) is 0 Å². The Labute approximate surface area is 293 Å². The third-order valence-corrected chi connectivity index (χ3v) is 16.4. The minimum Gasteiger partial charge on any atom is -0.390 e. The van der Waals surface area contributed by atoms with Crippen LogP contribution >= 0.6 is 0 Å². The highest BCUT2D eigenvalue weighted by Crippen LogP contribution is 2.89. The third-order valence-electron chi connectivity index (χ3n) is 16.4. The number of hydrogen-bond donors (Lipinski definition) is 4. The molecule has 2 spiro atoms. The van der Waals surface area contributed by atoms with E-state index in [1.807, 2.05) is 23.1 Å². The normalized spacial score (nSPS) is 49.1. The second kappa shape index (κ2) is 11.2. The molecule has 14 unspecified atom stereocenters. The summed E-state index contributed by atoms with van der Waals surface area (Å²) in [6.45, 7) is 17.0. The van der Waals surface area contributed by atoms with Gasteiger partial charge in [-0.2, -0.15) is 0 Å². The van der Waals surface area contributed by atoms with Crippen molar-refractivity contribution in [3.05, 3.63) is 30.1 Å². The zero-order valence-corrected chi connectivity index (χ0v) is 30.8. The summed E-state index contributed by atoms with van der Waals surface area (Å²) < 4.78 is 19.8. The number of fused-ring (bicyclic) bond motifs is 4. The lowest BCUT2D eigenvalue weighted by atomic mass is 9.41. The first-order valence-corrected chi connectivity index (χ1v) is 19.3. The topological polar surface area (TPSA) is 128 Å². The number of aromatic nitrogens is 1. The number of ether oxygens (including phenoxy) is 3. The number of rotatable bonds is 5. The summed E-state index contributed by atoms with van der Waals surface area (Å²) in [4.78, 5) is 6.43. The van der Waals surface area contributed by atoms with Gasteiger partial charge in [-0.15, -0.1) is 0 Å². The van der Waals surface area contributed by atoms with Crippen LogP contribution in [0.15, 0.2) is 24.4 Å². The molecular formula is C40H61N3O6. The van der Waals surface area contributed by atoms with Gasteiger partial charge in [-0.1, -0.05) is 40.7 Å². The molecule has 1 aromatic heterocycles. The molecule has 0 amide bonds. The lowest BCUT2D eigenvalue weighted by Crippen LogP contribution is -2.60. The van der Waals surface area contributed by atoms with Crippen molar-refractivity contribution in [1.29, 1.82) is 5.41 Å². The Morgan fingerprint density at radius 3 is 2.53 bits per heavy atom. The molecule has 3 heterocycles. The Bertz CT molecular complexity index is 1450. The van der Waals surface area contributed by atoms with Crippen LogP contribution in [-0.4, -0.2) is 93.1 Å². The Morgan fingerprint density at radius 2 is 1.82 bits per heavy atom. The quantitative estimate of drug-likeness (QED) is 0.241. The number of morpholine rings is 1. The van der Waals surface area contributed by atoms with Crippen LogP contribution in [0.4, 0.5) is 0 Å². The van der Waals surface area contributed by atoms with Gasteiger partial charge in [0.15, 0.2) is 6.29 Å². The Kier molecular flexibility index (Phi) is 7.87. The summed E-state index contributed by atoms with van der Waals surface area (Å²) in [6, 6.07) is 5.69. The van der Waals surface area contributed by atoms with Gasteiger partial charge in [-0.3, -0.25) is 10.4 Å². The molecule has 5 aliphatic carbocycles. The van der Waals surface area contributed by atoms with Crippen LogP contribution < -0.4 is 0 Å². The molecule has 9 heteroatoms. The lowest BCUT2D eigenvalue weighted by molar-refractivity contribution is -0.244. The highest BCUT2D eigenvalue weighted by Gasteiger charge is 2.84. The molecule has 4 N–H and O–H groups in total. The zero-order valence-electron chi connectivity index (χ0n) is 30.8. The van der Waals surface area contributed by atoms with Crippen molar-refractivity contribution in [2.75, 3.05) is 19.7 Å². The van der Waals surface area contributed by atoms with Crippen molar-refractivity contribution >= 4 is 5.84 Å². The number of aliphatic hydroxyl groups is 3. The van der Waals surface area contributed by atoms with E-state index < -0.39 is 23.9 Å². The van der Waals surface area contributed by atoms with Gasteiger partial charge in [0.25, 0.3) is 0 Å². The fourth-order valence-electron chi connectivity index (χ4n) is 14.0. The van der Waals surface area contributed by atoms with Gasteiger partial charge in [-0.05, 0) is 123 Å². The molecule has 7 fully saturated rings. The van der Waals surface area contributed by atoms with Gasteiger partial charge in [-0.25, -0.2) is 0 Å². The average Bonchev–Trinajstić information content (AvgIpc) is 3.70. The Morgan fingerprint density at radius 1 is 1.08 bits per heavy atom. The molecule has 0 aromatic carbocycles. The van der Waals surface area contributed by atoms with Gasteiger partial charge >= 0.3 is 0 Å². The molecule has 8 rings (SSSR count). The van der Waals surface area contributed by atoms with E-state index in [2.05, 4.69) is 39.6 Å². The summed E-state index contributed by atoms with van der Waals surface area (Å²) >= 11 is 0. The van der Waals surface area contributed by atoms with Crippen molar-refractivity contribution in [1.82, 2.24) is 9.88 Å². The summed E-state index contributed by atoms with van der Waals surface area (Å²) in [5, 5.41) is 42.9. The molecule has 7 aliphatic rings. The van der Waals surface area contributed by atoms with E-state index in [1.165, 1.54) is 12.8 Å². The fourth-order valence-corrected chi connectivity index (χ4v) is 14.0. The zero-order chi connectivity index (χ0) is 34.9. The van der Waals surface area contributed by atoms with E-state index in [4.69, 9.17) is 19.6 Å². The molecule has 49 heavy (non-hydrogen) atoms. The van der Waals surface area contributed by atoms with Crippen LogP contribution in [0.3, 0.4) is 0 Å². The van der Waals surface area contributed by atoms with E-state index in [-0.39, 0.29) is 57.4 Å². The van der Waals surface area contributed by atoms with Crippen LogP contribution in [0.2, 0.25) is 0 Å². The summed E-state index contributed by atoms with van der Waals surface area (Å²) in [5.41, 5.74) is -0.394. The molecule has 1 aromatic rings. The van der Waals surface area contributed by atoms with Crippen molar-refractivity contribution in [2.24, 2.45) is 50.7 Å². The third kappa shape index (κ3) is 4.64. The van der Waals surface area contributed by atoms with Gasteiger partial charge in [0.2, 0.25) is 0 Å². The number of nitrogens with one attached hydrogen (secondary N) is 1. The minimum atomic E-state index is -1.26. The summed E-state index contributed by atoms with van der Waals surface area (Å²) in [7, 11) is 0. The molecule has 2 saturated heterocycles. The van der Waals surface area contributed by atoms with Gasteiger partial charge < -0.3 is 34.4 Å². The summed E-state index contributed by atoms with van der Waals surface area (Å²) in [5.74, 6) is 1.94. The predicted molar refractivity (Wildman–Crippen MR) is 186 cm³/mol. The first-order chi connectivity index (χ1) is 23.0. The van der Waals surface area contributed by atoms with E-state index in [1.54, 1.807) is 20.0 Å². The first-order valence-electron chi connectivity index (χ1n) is 19.3. The fraction of sp³-hybridized carbons (Fsp3) is 0.850. The minimum absolute atomic E-state index is 0.0190. The number of hydrogen-bond acceptors (Lipinski definition) is 8. The lowest BCUT2D eigenvalue weighted by Gasteiger charge is -2.64. The van der Waals surface area contributed by atoms with Gasteiger partial charge in [0.05, 0.1) is 43.2 Å². The Hall–Kier alpha value is -1.62. The summed E-state index contributed by atoms with van der Waals surface area (Å²) in [6.07, 6.45) is 7.77. The molecule has 5 saturated carbocycles. The monoisotopic (exact) mass is 679 g/mol. The number of pyridine rings is 1. The number of aliphatic hydroxyl groups excluding tert-OH is 2. The average molecular weight is 680 g/mol. The molecule has 272 valence electrons. The van der Waals surface area contributed by atoms with Crippen molar-refractivity contribution in [3.8, 4) is 0 Å². The molecule has 0 radical (unpaired) electrons. The van der Waals surface area contributed by atoms with Crippen LogP contribution in [0, 0.1) is 56.2 Å². The number of amidine groups is 1. The largest absolute Gasteiger partial charge is 0.390 e. The maximum absolute atomic E-state index is 12.5. The molecule has 9 nitrogen and oxygen atoms in total. The maximum atomic E-state index is 12.5. The second-order valence-electron chi connectivity index (χ2n) is 19.1. The van der Waals surface area contributed by atoms with Crippen molar-refractivity contribution in [2.45, 2.75) is 142 Å². The van der Waals surface area contributed by atoms with Crippen molar-refractivity contribution in [3.63, 3.8) is 0 Å². The SMILES string of the molecule is CC1CC(C(O)C(C)(C)O)OC2C1C1(C)CCC34CC35CCC(OC3CN(C(=N)c6ccccn6)CCO3)C(C)(C)C5CCC4C1(C)C2O. The first kappa shape index (κ1) is 34.5. The Balaban J connectivity index is 1.00. The highest BCUT2D eigenvalue weighted by molar-refractivity contribution is 5.94. The molecule has 14 atom stereocenters.